The van der Waals surface area contributed by atoms with Gasteiger partial charge in [0.1, 0.15) is 0 Å². The Morgan fingerprint density at radius 3 is 1.73 bits per heavy atom. The third kappa shape index (κ3) is 3.54. The van der Waals surface area contributed by atoms with Crippen LogP contribution in [0.1, 0.15) is 16.4 Å². The molecule has 0 atom stereocenters. The van der Waals surface area contributed by atoms with Crippen LogP contribution in [0.15, 0.2) is 157 Å². The molecule has 0 saturated carbocycles. The molecule has 8 rings (SSSR count). The Bertz CT molecular complexity index is 2850. The molecular weight excluding hydrogens is 480 g/mol. The zero-order chi connectivity index (χ0) is 36.9. The molecule has 0 N–H and O–H groups in total. The molecule has 0 amide bonds. The monoisotopic (exact) mass is 518 g/mol. The minimum atomic E-state index is -0.569. The molecule has 0 saturated heterocycles. The van der Waals surface area contributed by atoms with E-state index in [9.17, 15) is 2.74 Å². The fourth-order valence-electron chi connectivity index (χ4n) is 5.72. The van der Waals surface area contributed by atoms with E-state index in [4.69, 9.17) is 13.7 Å². The predicted octanol–water partition coefficient (Wildman–Crippen LogP) is 11.3. The van der Waals surface area contributed by atoms with Gasteiger partial charge in [0.2, 0.25) is 0 Å². The standard InChI is InChI=1S/C40H26/c1-2-13-28(14-3-1)39-35-16-6-8-18-37(35)40(38-19-9-7-17-36(38)39)34-23-11-21-32-31(20-10-22-33(32)34)30-25-24-27-12-4-5-15-29(27)26-30/h1-26H/i1D,2D,3D,4D,5D,6D,8D,13D,14D,16D,18D,25D. The van der Waals surface area contributed by atoms with E-state index >= 15 is 0 Å². The van der Waals surface area contributed by atoms with Crippen molar-refractivity contribution in [1.82, 2.24) is 0 Å². The number of benzene rings is 8. The topological polar surface area (TPSA) is 0 Å². The van der Waals surface area contributed by atoms with Crippen LogP contribution in [0.3, 0.4) is 0 Å². The molecule has 0 bridgehead atoms. The Hall–Kier alpha value is -5.20. The minimum absolute atomic E-state index is 0.0364. The summed E-state index contributed by atoms with van der Waals surface area (Å²) in [5.41, 5.74) is 2.44. The maximum absolute atomic E-state index is 9.26. The average Bonchev–Trinajstić information content (AvgIpc) is 3.14. The third-order valence-electron chi connectivity index (χ3n) is 7.44. The maximum Gasteiger partial charge on any atom is 0.0629 e. The number of hydrogen-bond donors (Lipinski definition) is 0. The first-order valence-electron chi connectivity index (χ1n) is 18.9. The summed E-state index contributed by atoms with van der Waals surface area (Å²) in [6, 6.07) is 21.1. The van der Waals surface area contributed by atoms with Gasteiger partial charge in [0.15, 0.2) is 0 Å². The molecule has 0 aliphatic rings. The Kier molecular flexibility index (Phi) is 3.17. The van der Waals surface area contributed by atoms with Crippen LogP contribution in [-0.4, -0.2) is 0 Å². The minimum Gasteiger partial charge on any atom is -0.0622 e. The van der Waals surface area contributed by atoms with Crippen molar-refractivity contribution in [1.29, 1.82) is 0 Å². The quantitative estimate of drug-likeness (QED) is 0.204. The van der Waals surface area contributed by atoms with Crippen molar-refractivity contribution in [2.24, 2.45) is 0 Å². The highest BCUT2D eigenvalue weighted by atomic mass is 14.2. The van der Waals surface area contributed by atoms with Gasteiger partial charge in [0.05, 0.1) is 16.4 Å². The van der Waals surface area contributed by atoms with Gasteiger partial charge < -0.3 is 0 Å². The van der Waals surface area contributed by atoms with E-state index < -0.39 is 48.3 Å². The van der Waals surface area contributed by atoms with E-state index in [0.29, 0.717) is 32.8 Å². The van der Waals surface area contributed by atoms with Crippen LogP contribution in [0.2, 0.25) is 0 Å². The Morgan fingerprint density at radius 2 is 0.950 bits per heavy atom. The predicted molar refractivity (Wildman–Crippen MR) is 173 cm³/mol. The Labute approximate surface area is 250 Å². The zero-order valence-corrected chi connectivity index (χ0v) is 21.1. The summed E-state index contributed by atoms with van der Waals surface area (Å²) in [5.74, 6) is 0. The molecule has 0 aromatic heterocycles. The van der Waals surface area contributed by atoms with Gasteiger partial charge >= 0.3 is 0 Å². The molecular formula is C40H26. The van der Waals surface area contributed by atoms with Gasteiger partial charge in [0, 0.05) is 0 Å². The summed E-state index contributed by atoms with van der Waals surface area (Å²) in [4.78, 5) is 0. The lowest BCUT2D eigenvalue weighted by molar-refractivity contribution is 1.65. The highest BCUT2D eigenvalue weighted by Gasteiger charge is 2.18. The lowest BCUT2D eigenvalue weighted by Gasteiger charge is -2.19. The van der Waals surface area contributed by atoms with Crippen LogP contribution < -0.4 is 0 Å². The van der Waals surface area contributed by atoms with E-state index in [1.54, 1.807) is 42.5 Å². The number of fused-ring (bicyclic) bond motifs is 4. The molecule has 0 aliphatic heterocycles. The van der Waals surface area contributed by atoms with E-state index in [0.717, 1.165) is 21.7 Å². The highest BCUT2D eigenvalue weighted by Crippen LogP contribution is 2.46. The molecule has 0 heteroatoms. The molecule has 0 unspecified atom stereocenters. The van der Waals surface area contributed by atoms with Gasteiger partial charge in [-0.1, -0.05) is 151 Å². The second-order valence-corrected chi connectivity index (χ2v) is 9.59. The first-order chi connectivity index (χ1) is 24.8. The molecule has 0 spiro atoms. The van der Waals surface area contributed by atoms with Gasteiger partial charge in [0.25, 0.3) is 0 Å². The largest absolute Gasteiger partial charge is 0.0629 e. The van der Waals surface area contributed by atoms with Crippen molar-refractivity contribution in [2.45, 2.75) is 0 Å². The van der Waals surface area contributed by atoms with Gasteiger partial charge in [-0.15, -0.1) is 0 Å². The first-order valence-corrected chi connectivity index (χ1v) is 12.9. The van der Waals surface area contributed by atoms with Crippen LogP contribution >= 0.6 is 0 Å². The van der Waals surface area contributed by atoms with Crippen molar-refractivity contribution in [3.8, 4) is 33.4 Å². The normalized spacial score (nSPS) is 15.7. The summed E-state index contributed by atoms with van der Waals surface area (Å²) in [7, 11) is 0. The van der Waals surface area contributed by atoms with Crippen LogP contribution in [0, 0.1) is 0 Å². The molecule has 0 heterocycles. The molecule has 0 fully saturated rings. The molecule has 40 heavy (non-hydrogen) atoms. The van der Waals surface area contributed by atoms with E-state index in [-0.39, 0.29) is 46.1 Å². The number of hydrogen-bond acceptors (Lipinski definition) is 0. The summed E-state index contributed by atoms with van der Waals surface area (Å²) in [6.07, 6.45) is 0. The Balaban J connectivity index is 1.54. The van der Waals surface area contributed by atoms with Gasteiger partial charge in [-0.3, -0.25) is 0 Å². The lowest BCUT2D eigenvalue weighted by Crippen LogP contribution is -1.92. The second kappa shape index (κ2) is 9.22. The van der Waals surface area contributed by atoms with Crippen LogP contribution in [0.25, 0.3) is 76.5 Å². The molecule has 0 radical (unpaired) electrons. The average molecular weight is 519 g/mol. The lowest BCUT2D eigenvalue weighted by atomic mass is 9.84. The van der Waals surface area contributed by atoms with Crippen LogP contribution in [0.5, 0.6) is 0 Å². The van der Waals surface area contributed by atoms with Gasteiger partial charge in [-0.05, 0) is 82.5 Å². The van der Waals surface area contributed by atoms with Crippen molar-refractivity contribution < 1.29 is 16.4 Å². The summed E-state index contributed by atoms with van der Waals surface area (Å²) < 4.78 is 104. The van der Waals surface area contributed by atoms with Crippen molar-refractivity contribution in [2.75, 3.05) is 0 Å². The molecule has 0 aliphatic carbocycles. The fraction of sp³-hybridized carbons (Fsp3) is 0. The van der Waals surface area contributed by atoms with E-state index in [2.05, 4.69) is 0 Å². The van der Waals surface area contributed by atoms with Crippen molar-refractivity contribution in [3.05, 3.63) is 157 Å². The SMILES string of the molecule is [2H]c1cc2cc([2H])c(-c3cccc4c(-c5c6ccccc6c(-c6c([2H])c([2H])c([2H])c([2H])c6[2H])c6c([2H])c([2H])c([2H])c([2H])c56)cccc34)cc2cc1[2H]. The van der Waals surface area contributed by atoms with Crippen molar-refractivity contribution in [3.63, 3.8) is 0 Å². The number of rotatable bonds is 3. The van der Waals surface area contributed by atoms with Gasteiger partial charge in [-0.25, -0.2) is 0 Å². The summed E-state index contributed by atoms with van der Waals surface area (Å²) >= 11 is 0. The zero-order valence-electron chi connectivity index (χ0n) is 33.1. The Morgan fingerprint density at radius 1 is 0.350 bits per heavy atom. The van der Waals surface area contributed by atoms with Crippen molar-refractivity contribution >= 4 is 43.1 Å². The highest BCUT2D eigenvalue weighted by molar-refractivity contribution is 6.24. The van der Waals surface area contributed by atoms with E-state index in [1.807, 2.05) is 42.5 Å². The first kappa shape index (κ1) is 13.7. The molecule has 8 aromatic rings. The summed E-state index contributed by atoms with van der Waals surface area (Å²) in [6.45, 7) is 0. The smallest absolute Gasteiger partial charge is 0.0622 e. The maximum atomic E-state index is 9.26. The van der Waals surface area contributed by atoms with Gasteiger partial charge in [-0.2, -0.15) is 0 Å². The molecule has 186 valence electrons. The second-order valence-electron chi connectivity index (χ2n) is 9.59. The molecule has 8 aromatic carbocycles. The summed E-state index contributed by atoms with van der Waals surface area (Å²) in [5, 5.41) is 4.09. The molecule has 0 nitrogen and oxygen atoms in total. The van der Waals surface area contributed by atoms with Crippen LogP contribution in [-0.2, 0) is 0 Å². The third-order valence-corrected chi connectivity index (χ3v) is 7.44. The van der Waals surface area contributed by atoms with Crippen LogP contribution in [0.4, 0.5) is 0 Å². The fourth-order valence-corrected chi connectivity index (χ4v) is 5.72. The van der Waals surface area contributed by atoms with E-state index in [1.165, 1.54) is 0 Å².